The van der Waals surface area contributed by atoms with Crippen LogP contribution in [0.2, 0.25) is 0 Å². The molecule has 1 rings (SSSR count). The molecule has 0 aliphatic carbocycles. The van der Waals surface area contributed by atoms with Crippen LogP contribution in [0.25, 0.3) is 0 Å². The van der Waals surface area contributed by atoms with Crippen LogP contribution in [0.3, 0.4) is 0 Å². The van der Waals surface area contributed by atoms with Crippen molar-refractivity contribution >= 4 is 5.97 Å². The largest absolute Gasteiger partial charge is 0.493 e. The molecule has 0 aliphatic heterocycles. The summed E-state index contributed by atoms with van der Waals surface area (Å²) in [7, 11) is 1.65. The van der Waals surface area contributed by atoms with Crippen LogP contribution in [0.4, 0.5) is 4.39 Å². The molecule has 0 saturated carbocycles. The van der Waals surface area contributed by atoms with Crippen LogP contribution >= 0.6 is 0 Å². The predicted octanol–water partition coefficient (Wildman–Crippen LogP) is 2.75. The van der Waals surface area contributed by atoms with E-state index in [0.29, 0.717) is 31.6 Å². The Bertz CT molecular complexity index is 458. The van der Waals surface area contributed by atoms with Crippen molar-refractivity contribution in [1.29, 1.82) is 0 Å². The second kappa shape index (κ2) is 7.24. The summed E-state index contributed by atoms with van der Waals surface area (Å²) in [6.07, 6.45) is 1.54. The van der Waals surface area contributed by atoms with Crippen molar-refractivity contribution < 1.29 is 19.0 Å². The van der Waals surface area contributed by atoms with Gasteiger partial charge in [-0.15, -0.1) is 0 Å². The average Bonchev–Trinajstić information content (AvgIpc) is 2.43. The molecule has 20 heavy (non-hydrogen) atoms. The maximum Gasteiger partial charge on any atom is 0.323 e. The highest BCUT2D eigenvalue weighted by atomic mass is 19.1. The molecule has 0 saturated heterocycles. The van der Waals surface area contributed by atoms with Crippen LogP contribution < -0.4 is 10.1 Å². The zero-order valence-electron chi connectivity index (χ0n) is 12.2. The second-order valence-corrected chi connectivity index (χ2v) is 4.85. The number of carboxylic acid groups (broad SMARTS) is 1. The lowest BCUT2D eigenvalue weighted by atomic mass is 9.91. The minimum absolute atomic E-state index is 0.339. The molecule has 0 heterocycles. The smallest absolute Gasteiger partial charge is 0.323 e. The van der Waals surface area contributed by atoms with Crippen LogP contribution in [0, 0.1) is 12.7 Å². The standard InChI is InChI=1S/C15H22FNO3/c1-4-15(17-3,14(18)19)8-5-9-20-13-10-12(16)7-6-11(13)2/h6-7,10,17H,4-5,8-9H2,1-3H3,(H,18,19). The van der Waals surface area contributed by atoms with E-state index < -0.39 is 11.5 Å². The summed E-state index contributed by atoms with van der Waals surface area (Å²) in [5, 5.41) is 12.1. The van der Waals surface area contributed by atoms with E-state index in [-0.39, 0.29) is 5.82 Å². The summed E-state index contributed by atoms with van der Waals surface area (Å²) in [5.41, 5.74) is -0.0552. The third-order valence-electron chi connectivity index (χ3n) is 3.65. The van der Waals surface area contributed by atoms with Gasteiger partial charge in [0.05, 0.1) is 6.61 Å². The van der Waals surface area contributed by atoms with Crippen molar-refractivity contribution in [3.05, 3.63) is 29.6 Å². The average molecular weight is 283 g/mol. The molecule has 0 aliphatic rings. The SMILES string of the molecule is CCC(CCCOc1cc(F)ccc1C)(NC)C(=O)O. The van der Waals surface area contributed by atoms with Gasteiger partial charge in [0, 0.05) is 6.07 Å². The fourth-order valence-corrected chi connectivity index (χ4v) is 2.13. The first-order valence-corrected chi connectivity index (χ1v) is 6.76. The second-order valence-electron chi connectivity index (χ2n) is 4.85. The number of carbonyl (C=O) groups is 1. The number of likely N-dealkylation sites (N-methyl/N-ethyl adjacent to an activating group) is 1. The number of aliphatic carboxylic acids is 1. The van der Waals surface area contributed by atoms with Crippen molar-refractivity contribution in [3.63, 3.8) is 0 Å². The van der Waals surface area contributed by atoms with Gasteiger partial charge in [-0.3, -0.25) is 4.79 Å². The van der Waals surface area contributed by atoms with Gasteiger partial charge in [0.15, 0.2) is 0 Å². The van der Waals surface area contributed by atoms with Gasteiger partial charge in [-0.2, -0.15) is 0 Å². The van der Waals surface area contributed by atoms with E-state index >= 15 is 0 Å². The number of benzene rings is 1. The third-order valence-corrected chi connectivity index (χ3v) is 3.65. The highest BCUT2D eigenvalue weighted by Gasteiger charge is 2.34. The quantitative estimate of drug-likeness (QED) is 0.720. The normalized spacial score (nSPS) is 13.8. The molecule has 0 bridgehead atoms. The zero-order chi connectivity index (χ0) is 15.2. The Balaban J connectivity index is 2.52. The first kappa shape index (κ1) is 16.4. The minimum Gasteiger partial charge on any atom is -0.493 e. The van der Waals surface area contributed by atoms with Crippen LogP contribution in [0.5, 0.6) is 5.75 Å². The first-order valence-electron chi connectivity index (χ1n) is 6.76. The van der Waals surface area contributed by atoms with Crippen molar-refractivity contribution in [2.75, 3.05) is 13.7 Å². The number of hydrogen-bond donors (Lipinski definition) is 2. The summed E-state index contributed by atoms with van der Waals surface area (Å²) in [6.45, 7) is 4.04. The number of halogens is 1. The Morgan fingerprint density at radius 3 is 2.75 bits per heavy atom. The first-order chi connectivity index (χ1) is 9.45. The lowest BCUT2D eigenvalue weighted by Gasteiger charge is -2.27. The molecular weight excluding hydrogens is 261 g/mol. The Morgan fingerprint density at radius 1 is 1.50 bits per heavy atom. The Labute approximate surface area is 119 Å². The van der Waals surface area contributed by atoms with Gasteiger partial charge >= 0.3 is 5.97 Å². The third kappa shape index (κ3) is 3.93. The molecule has 5 heteroatoms. The molecule has 112 valence electrons. The van der Waals surface area contributed by atoms with E-state index in [4.69, 9.17) is 4.74 Å². The summed E-state index contributed by atoms with van der Waals surface area (Å²) in [4.78, 5) is 11.3. The zero-order valence-corrected chi connectivity index (χ0v) is 12.2. The van der Waals surface area contributed by atoms with Gasteiger partial charge in [0.1, 0.15) is 17.1 Å². The van der Waals surface area contributed by atoms with Crippen molar-refractivity contribution in [3.8, 4) is 5.75 Å². The van der Waals surface area contributed by atoms with Gasteiger partial charge in [-0.25, -0.2) is 4.39 Å². The Hall–Kier alpha value is -1.62. The monoisotopic (exact) mass is 283 g/mol. The van der Waals surface area contributed by atoms with E-state index in [2.05, 4.69) is 5.32 Å². The number of hydrogen-bond acceptors (Lipinski definition) is 3. The predicted molar refractivity (Wildman–Crippen MR) is 75.6 cm³/mol. The van der Waals surface area contributed by atoms with Gasteiger partial charge in [-0.05, 0) is 44.9 Å². The van der Waals surface area contributed by atoms with Crippen LogP contribution in [0.15, 0.2) is 18.2 Å². The number of aryl methyl sites for hydroxylation is 1. The molecule has 0 amide bonds. The van der Waals surface area contributed by atoms with Gasteiger partial charge in [0.2, 0.25) is 0 Å². The van der Waals surface area contributed by atoms with Gasteiger partial charge in [-0.1, -0.05) is 13.0 Å². The fraction of sp³-hybridized carbons (Fsp3) is 0.533. The molecule has 0 spiro atoms. The summed E-state index contributed by atoms with van der Waals surface area (Å²) < 4.78 is 18.6. The summed E-state index contributed by atoms with van der Waals surface area (Å²) in [5.74, 6) is -0.689. The highest BCUT2D eigenvalue weighted by molar-refractivity contribution is 5.78. The molecule has 0 fully saturated rings. The van der Waals surface area contributed by atoms with Gasteiger partial charge in [0.25, 0.3) is 0 Å². The topological polar surface area (TPSA) is 58.6 Å². The van der Waals surface area contributed by atoms with E-state index in [1.54, 1.807) is 13.1 Å². The fourth-order valence-electron chi connectivity index (χ4n) is 2.13. The van der Waals surface area contributed by atoms with E-state index in [1.807, 2.05) is 13.8 Å². The lowest BCUT2D eigenvalue weighted by Crippen LogP contribution is -2.50. The van der Waals surface area contributed by atoms with Crippen molar-refractivity contribution in [2.24, 2.45) is 0 Å². The van der Waals surface area contributed by atoms with Crippen LogP contribution in [-0.4, -0.2) is 30.3 Å². The molecule has 1 aromatic rings. The molecule has 1 aromatic carbocycles. The number of rotatable bonds is 8. The highest BCUT2D eigenvalue weighted by Crippen LogP contribution is 2.21. The van der Waals surface area contributed by atoms with E-state index in [9.17, 15) is 14.3 Å². The number of ether oxygens (including phenoxy) is 1. The van der Waals surface area contributed by atoms with Gasteiger partial charge < -0.3 is 15.2 Å². The van der Waals surface area contributed by atoms with E-state index in [1.165, 1.54) is 12.1 Å². The van der Waals surface area contributed by atoms with Crippen LogP contribution in [-0.2, 0) is 4.79 Å². The summed E-state index contributed by atoms with van der Waals surface area (Å²) in [6, 6.07) is 4.39. The molecular formula is C15H22FNO3. The Kier molecular flexibility index (Phi) is 5.95. The van der Waals surface area contributed by atoms with Crippen LogP contribution in [0.1, 0.15) is 31.7 Å². The number of nitrogens with one attached hydrogen (secondary N) is 1. The number of carboxylic acids is 1. The minimum atomic E-state index is -0.916. The molecule has 0 radical (unpaired) electrons. The Morgan fingerprint density at radius 2 is 2.20 bits per heavy atom. The van der Waals surface area contributed by atoms with Crippen molar-refractivity contribution in [2.45, 2.75) is 38.6 Å². The summed E-state index contributed by atoms with van der Waals surface area (Å²) >= 11 is 0. The van der Waals surface area contributed by atoms with Crippen molar-refractivity contribution in [1.82, 2.24) is 5.32 Å². The molecule has 0 aromatic heterocycles. The van der Waals surface area contributed by atoms with E-state index in [0.717, 1.165) is 5.56 Å². The maximum absolute atomic E-state index is 13.1. The maximum atomic E-state index is 13.1. The molecule has 2 N–H and O–H groups in total. The molecule has 1 unspecified atom stereocenters. The molecule has 4 nitrogen and oxygen atoms in total. The molecule has 1 atom stereocenters. The lowest BCUT2D eigenvalue weighted by molar-refractivity contribution is -0.145.